The van der Waals surface area contributed by atoms with Crippen LogP contribution in [0.15, 0.2) is 42.5 Å². The third-order valence-electron chi connectivity index (χ3n) is 4.55. The molecule has 0 aliphatic carbocycles. The van der Waals surface area contributed by atoms with E-state index in [0.717, 1.165) is 21.9 Å². The minimum Gasteiger partial charge on any atom is -0.482 e. The zero-order chi connectivity index (χ0) is 22.1. The molecule has 1 heterocycles. The number of hydrogen-bond donors (Lipinski definition) is 0. The Balaban J connectivity index is 1.81. The number of non-ortho nitro benzene ring substituents is 1. The van der Waals surface area contributed by atoms with Gasteiger partial charge in [-0.3, -0.25) is 24.6 Å². The van der Waals surface area contributed by atoms with Gasteiger partial charge in [-0.1, -0.05) is 18.2 Å². The van der Waals surface area contributed by atoms with Crippen LogP contribution in [0.2, 0.25) is 0 Å². The smallest absolute Gasteiger partial charge is 0.416 e. The number of hydrogen-bond acceptors (Lipinski definition) is 5. The van der Waals surface area contributed by atoms with Crippen LogP contribution in [0.5, 0.6) is 5.75 Å². The van der Waals surface area contributed by atoms with Gasteiger partial charge in [0.1, 0.15) is 12.3 Å². The lowest BCUT2D eigenvalue weighted by Crippen LogP contribution is -2.45. The quantitative estimate of drug-likeness (QED) is 0.545. The molecule has 0 fully saturated rings. The van der Waals surface area contributed by atoms with Crippen LogP contribution in [-0.2, 0) is 22.3 Å². The van der Waals surface area contributed by atoms with Crippen LogP contribution in [0.25, 0.3) is 0 Å². The number of halogens is 3. The molecule has 0 saturated heterocycles. The van der Waals surface area contributed by atoms with Gasteiger partial charge < -0.3 is 9.64 Å². The lowest BCUT2D eigenvalue weighted by molar-refractivity contribution is -0.384. The van der Waals surface area contributed by atoms with Crippen LogP contribution < -0.4 is 9.64 Å². The van der Waals surface area contributed by atoms with Gasteiger partial charge in [0.05, 0.1) is 16.2 Å². The summed E-state index contributed by atoms with van der Waals surface area (Å²) in [7, 11) is 1.31. The summed E-state index contributed by atoms with van der Waals surface area (Å²) in [5.41, 5.74) is -1.19. The van der Waals surface area contributed by atoms with Gasteiger partial charge in [0, 0.05) is 25.7 Å². The molecule has 1 aliphatic heterocycles. The molecule has 0 saturated carbocycles. The van der Waals surface area contributed by atoms with Crippen molar-refractivity contribution in [2.45, 2.75) is 12.7 Å². The van der Waals surface area contributed by atoms with Crippen LogP contribution in [0, 0.1) is 10.1 Å². The van der Waals surface area contributed by atoms with Crippen molar-refractivity contribution in [3.63, 3.8) is 0 Å². The lowest BCUT2D eigenvalue weighted by atomic mass is 10.1. The molecule has 0 radical (unpaired) electrons. The topological polar surface area (TPSA) is 93.0 Å². The summed E-state index contributed by atoms with van der Waals surface area (Å²) >= 11 is 0. The maximum Gasteiger partial charge on any atom is 0.416 e. The number of nitro benzene ring substituents is 1. The highest BCUT2D eigenvalue weighted by molar-refractivity contribution is 6.02. The van der Waals surface area contributed by atoms with Crippen LogP contribution in [-0.4, -0.2) is 41.8 Å². The molecule has 0 aromatic heterocycles. The van der Waals surface area contributed by atoms with Crippen molar-refractivity contribution in [1.82, 2.24) is 4.90 Å². The van der Waals surface area contributed by atoms with Gasteiger partial charge in [-0.05, 0) is 17.7 Å². The van der Waals surface area contributed by atoms with Crippen molar-refractivity contribution < 1.29 is 32.4 Å². The molecule has 0 atom stereocenters. The summed E-state index contributed by atoms with van der Waals surface area (Å²) in [4.78, 5) is 37.3. The Bertz CT molecular complexity index is 1010. The summed E-state index contributed by atoms with van der Waals surface area (Å²) in [6, 6.07) is 8.52. The van der Waals surface area contributed by atoms with E-state index < -0.39 is 35.0 Å². The van der Waals surface area contributed by atoms with Crippen molar-refractivity contribution in [2.24, 2.45) is 0 Å². The number of likely N-dealkylation sites (N-methyl/N-ethyl adjacent to an activating group) is 1. The monoisotopic (exact) mass is 423 g/mol. The molecule has 11 heteroatoms. The first kappa shape index (κ1) is 21.1. The highest BCUT2D eigenvalue weighted by Gasteiger charge is 2.34. The SMILES string of the molecule is CN(Cc1ccccc1C(F)(F)F)C(=O)CN1C(=O)COc2ccc([N+](=O)[O-])cc21. The lowest BCUT2D eigenvalue weighted by Gasteiger charge is -2.30. The van der Waals surface area contributed by atoms with Crippen molar-refractivity contribution >= 4 is 23.2 Å². The summed E-state index contributed by atoms with van der Waals surface area (Å²) in [6.45, 7) is -1.19. The van der Waals surface area contributed by atoms with E-state index in [4.69, 9.17) is 4.74 Å². The number of alkyl halides is 3. The van der Waals surface area contributed by atoms with E-state index >= 15 is 0 Å². The number of amides is 2. The van der Waals surface area contributed by atoms with Crippen molar-refractivity contribution in [1.29, 1.82) is 0 Å². The Morgan fingerprint density at radius 1 is 1.27 bits per heavy atom. The molecule has 1 aliphatic rings. The third kappa shape index (κ3) is 4.34. The number of anilines is 1. The van der Waals surface area contributed by atoms with E-state index in [1.807, 2.05) is 0 Å². The summed E-state index contributed by atoms with van der Waals surface area (Å²) in [5, 5.41) is 11.0. The summed E-state index contributed by atoms with van der Waals surface area (Å²) in [5.74, 6) is -1.04. The highest BCUT2D eigenvalue weighted by Crippen LogP contribution is 2.35. The Morgan fingerprint density at radius 3 is 2.63 bits per heavy atom. The molecule has 3 rings (SSSR count). The van der Waals surface area contributed by atoms with Gasteiger partial charge in [0.2, 0.25) is 5.91 Å². The molecule has 0 bridgehead atoms. The molecule has 8 nitrogen and oxygen atoms in total. The number of carbonyl (C=O) groups excluding carboxylic acids is 2. The predicted molar refractivity (Wildman–Crippen MR) is 98.9 cm³/mol. The van der Waals surface area contributed by atoms with Crippen molar-refractivity contribution in [2.75, 3.05) is 25.1 Å². The second-order valence-electron chi connectivity index (χ2n) is 6.58. The average Bonchev–Trinajstić information content (AvgIpc) is 2.69. The zero-order valence-corrected chi connectivity index (χ0v) is 15.7. The standard InChI is InChI=1S/C19H16F3N3O5/c1-23(9-12-4-2-3-5-14(12)19(20,21)22)17(26)10-24-15-8-13(25(28)29)6-7-16(15)30-11-18(24)27/h2-8H,9-11H2,1H3. The molecular formula is C19H16F3N3O5. The second-order valence-corrected chi connectivity index (χ2v) is 6.58. The Labute approximate surface area is 168 Å². The maximum atomic E-state index is 13.2. The fraction of sp³-hybridized carbons (Fsp3) is 0.263. The van der Waals surface area contributed by atoms with Gasteiger partial charge in [0.15, 0.2) is 6.61 Å². The Morgan fingerprint density at radius 2 is 1.97 bits per heavy atom. The Kier molecular flexibility index (Phi) is 5.63. The highest BCUT2D eigenvalue weighted by atomic mass is 19.4. The fourth-order valence-corrected chi connectivity index (χ4v) is 3.01. The molecule has 2 aromatic carbocycles. The zero-order valence-electron chi connectivity index (χ0n) is 15.7. The van der Waals surface area contributed by atoms with E-state index in [0.29, 0.717) is 0 Å². The van der Waals surface area contributed by atoms with Gasteiger partial charge in [0.25, 0.3) is 11.6 Å². The van der Waals surface area contributed by atoms with E-state index in [-0.39, 0.29) is 35.8 Å². The molecule has 30 heavy (non-hydrogen) atoms. The maximum absolute atomic E-state index is 13.2. The minimum atomic E-state index is -4.57. The van der Waals surface area contributed by atoms with Crippen LogP contribution in [0.4, 0.5) is 24.5 Å². The molecule has 2 amide bonds. The number of rotatable bonds is 5. The average molecular weight is 423 g/mol. The fourth-order valence-electron chi connectivity index (χ4n) is 3.01. The van der Waals surface area contributed by atoms with Gasteiger partial charge in [-0.15, -0.1) is 0 Å². The Hall–Kier alpha value is -3.63. The largest absolute Gasteiger partial charge is 0.482 e. The number of fused-ring (bicyclic) bond motifs is 1. The van der Waals surface area contributed by atoms with E-state index in [2.05, 4.69) is 0 Å². The molecule has 0 unspecified atom stereocenters. The molecule has 2 aromatic rings. The second kappa shape index (κ2) is 8.01. The summed E-state index contributed by atoms with van der Waals surface area (Å²) in [6.07, 6.45) is -4.57. The number of carbonyl (C=O) groups is 2. The van der Waals surface area contributed by atoms with E-state index in [9.17, 15) is 32.9 Å². The van der Waals surface area contributed by atoms with Crippen molar-refractivity contribution in [3.8, 4) is 5.75 Å². The minimum absolute atomic E-state index is 0.0536. The van der Waals surface area contributed by atoms with Crippen LogP contribution in [0.3, 0.4) is 0 Å². The molecule has 0 N–H and O–H groups in total. The normalized spacial score (nSPS) is 13.5. The predicted octanol–water partition coefficient (Wildman–Crippen LogP) is 3.00. The first-order valence-corrected chi connectivity index (χ1v) is 8.68. The molecular weight excluding hydrogens is 407 g/mol. The van der Waals surface area contributed by atoms with Gasteiger partial charge in [-0.2, -0.15) is 13.2 Å². The van der Waals surface area contributed by atoms with Crippen LogP contribution >= 0.6 is 0 Å². The third-order valence-corrected chi connectivity index (χ3v) is 4.55. The number of benzene rings is 2. The van der Waals surface area contributed by atoms with E-state index in [1.54, 1.807) is 0 Å². The number of nitro groups is 1. The van der Waals surface area contributed by atoms with Gasteiger partial charge in [-0.25, -0.2) is 0 Å². The summed E-state index contributed by atoms with van der Waals surface area (Å²) < 4.78 is 44.7. The van der Waals surface area contributed by atoms with Crippen molar-refractivity contribution in [3.05, 3.63) is 63.7 Å². The molecule has 158 valence electrons. The number of nitrogens with zero attached hydrogens (tertiary/aromatic N) is 3. The van der Waals surface area contributed by atoms with Crippen LogP contribution in [0.1, 0.15) is 11.1 Å². The molecule has 0 spiro atoms. The number of ether oxygens (including phenoxy) is 1. The van der Waals surface area contributed by atoms with E-state index in [1.165, 1.54) is 37.4 Å². The van der Waals surface area contributed by atoms with Gasteiger partial charge >= 0.3 is 6.18 Å². The first-order valence-electron chi connectivity index (χ1n) is 8.68. The first-order chi connectivity index (χ1) is 14.1.